The maximum atomic E-state index is 11.4. The summed E-state index contributed by atoms with van der Waals surface area (Å²) in [5.74, 6) is 0. The molecule has 0 N–H and O–H groups in total. The third-order valence-corrected chi connectivity index (χ3v) is 3.75. The van der Waals surface area contributed by atoms with Crippen molar-refractivity contribution in [3.05, 3.63) is 65.4 Å². The number of carbonyl (C=O) groups is 1. The Kier molecular flexibility index (Phi) is 6.54. The number of nitrogens with zero attached hydrogens (tertiary/aromatic N) is 1. The molecule has 0 bridgehead atoms. The van der Waals surface area contributed by atoms with E-state index in [2.05, 4.69) is 36.2 Å². The first-order valence-corrected chi connectivity index (χ1v) is 7.12. The van der Waals surface area contributed by atoms with Crippen molar-refractivity contribution in [3.63, 3.8) is 0 Å². The number of hydrogen-bond donors (Lipinski definition) is 0. The summed E-state index contributed by atoms with van der Waals surface area (Å²) in [7, 11) is 0. The summed E-state index contributed by atoms with van der Waals surface area (Å²) in [4.78, 5) is 26.3. The zero-order chi connectivity index (χ0) is 15.5. The van der Waals surface area contributed by atoms with E-state index in [9.17, 15) is 9.59 Å². The second-order valence-corrected chi connectivity index (χ2v) is 5.10. The molecule has 23 heavy (non-hydrogen) atoms. The van der Waals surface area contributed by atoms with E-state index in [0.717, 1.165) is 29.2 Å². The van der Waals surface area contributed by atoms with Gasteiger partial charge in [-0.2, -0.15) is 6.07 Å². The minimum Gasteiger partial charge on any atom is -0.417 e. The van der Waals surface area contributed by atoms with Gasteiger partial charge in [-0.1, -0.05) is 36.9 Å². The minimum absolute atomic E-state index is 0. The first-order chi connectivity index (χ1) is 10.7. The molecule has 0 amide bonds. The topological polar surface area (TPSA) is 47.0 Å². The van der Waals surface area contributed by atoms with Crippen molar-refractivity contribution < 1.29 is 67.8 Å². The molecule has 0 aliphatic carbocycles. The fourth-order valence-electron chi connectivity index (χ4n) is 2.51. The Morgan fingerprint density at radius 3 is 2.39 bits per heavy atom. The Labute approximate surface area is 183 Å². The summed E-state index contributed by atoms with van der Waals surface area (Å²) >= 11 is 0. The van der Waals surface area contributed by atoms with Crippen molar-refractivity contribution in [2.24, 2.45) is 0 Å². The molecule has 3 nitrogen and oxygen atoms in total. The summed E-state index contributed by atoms with van der Waals surface area (Å²) in [6.07, 6.45) is 3.52. The van der Waals surface area contributed by atoms with Crippen LogP contribution in [0, 0.1) is 0 Å². The van der Waals surface area contributed by atoms with Crippen LogP contribution in [0.5, 0.6) is 0 Å². The number of rotatable bonds is 4. The molecular formula is C19H14NO2Rb. The largest absolute Gasteiger partial charge is 1.00 e. The fourth-order valence-corrected chi connectivity index (χ4v) is 2.51. The molecular weight excluding hydrogens is 360 g/mol. The van der Waals surface area contributed by atoms with E-state index in [4.69, 9.17) is 0 Å². The normalized spacial score (nSPS) is 10.1. The molecule has 0 aliphatic heterocycles. The van der Waals surface area contributed by atoms with Crippen LogP contribution in [0.3, 0.4) is 0 Å². The van der Waals surface area contributed by atoms with Crippen LogP contribution in [0.25, 0.3) is 22.0 Å². The molecule has 0 spiro atoms. The summed E-state index contributed by atoms with van der Waals surface area (Å²) in [5, 5.41) is 0.832. The number of aryl methyl sites for hydroxylation is 1. The van der Waals surface area contributed by atoms with Gasteiger partial charge < -0.3 is 4.79 Å². The zero-order valence-electron chi connectivity index (χ0n) is 13.2. The van der Waals surface area contributed by atoms with Crippen molar-refractivity contribution in [1.82, 2.24) is 4.98 Å². The summed E-state index contributed by atoms with van der Waals surface area (Å²) in [6, 6.07) is 15.5. The van der Waals surface area contributed by atoms with E-state index in [1.807, 2.05) is 6.07 Å². The van der Waals surface area contributed by atoms with Crippen molar-refractivity contribution in [3.8, 4) is 11.1 Å². The molecule has 0 aliphatic rings. The predicted molar refractivity (Wildman–Crippen MR) is 86.7 cm³/mol. The van der Waals surface area contributed by atoms with Gasteiger partial charge in [-0.25, -0.2) is 0 Å². The van der Waals surface area contributed by atoms with Crippen LogP contribution < -0.4 is 58.2 Å². The molecule has 1 heterocycles. The van der Waals surface area contributed by atoms with E-state index in [1.54, 1.807) is 24.5 Å². The summed E-state index contributed by atoms with van der Waals surface area (Å²) in [6.45, 7) is 2.11. The standard InChI is InChI=1S/C19H14NO2.Rb/c1-2-13-3-5-14(6-4-13)16-9-15-7-8-18(12-22)20-19(15)17(10-16)11-21;/h3-11H,2H2,1H3;/q-1;+1. The van der Waals surface area contributed by atoms with Crippen molar-refractivity contribution in [1.29, 1.82) is 0 Å². The first-order valence-electron chi connectivity index (χ1n) is 7.12. The van der Waals surface area contributed by atoms with Gasteiger partial charge in [0.2, 0.25) is 0 Å². The maximum Gasteiger partial charge on any atom is 1.00 e. The van der Waals surface area contributed by atoms with Gasteiger partial charge in [0, 0.05) is 11.8 Å². The third kappa shape index (κ3) is 3.91. The van der Waals surface area contributed by atoms with Gasteiger partial charge in [0.05, 0.1) is 5.52 Å². The van der Waals surface area contributed by atoms with E-state index >= 15 is 0 Å². The average Bonchev–Trinajstić information content (AvgIpc) is 2.60. The summed E-state index contributed by atoms with van der Waals surface area (Å²) < 4.78 is 0. The van der Waals surface area contributed by atoms with E-state index in [1.165, 1.54) is 5.56 Å². The summed E-state index contributed by atoms with van der Waals surface area (Å²) in [5.41, 5.74) is 4.49. The van der Waals surface area contributed by atoms with Crippen LogP contribution in [-0.4, -0.2) is 17.6 Å². The average molecular weight is 374 g/mol. The van der Waals surface area contributed by atoms with Gasteiger partial charge in [0.1, 0.15) is 0 Å². The van der Waals surface area contributed by atoms with Crippen LogP contribution in [0.1, 0.15) is 28.5 Å². The van der Waals surface area contributed by atoms with Crippen LogP contribution >= 0.6 is 0 Å². The molecule has 3 aromatic rings. The molecule has 2 aromatic carbocycles. The van der Waals surface area contributed by atoms with Gasteiger partial charge in [0.15, 0.2) is 6.29 Å². The number of hydrogen-bond acceptors (Lipinski definition) is 3. The monoisotopic (exact) mass is 373 g/mol. The number of pyridine rings is 1. The third-order valence-electron chi connectivity index (χ3n) is 3.75. The Bertz CT molecular complexity index is 857. The quantitative estimate of drug-likeness (QED) is 0.500. The van der Waals surface area contributed by atoms with E-state index < -0.39 is 0 Å². The van der Waals surface area contributed by atoms with Gasteiger partial charge in [0.25, 0.3) is 0 Å². The Hall–Kier alpha value is -1.00. The molecule has 4 heteroatoms. The second-order valence-electron chi connectivity index (χ2n) is 5.10. The number of carbonyl (C=O) groups excluding carboxylic acids is 2. The SMILES string of the molecule is CCc1ccc(-c2cc(C=O)c3nc([C-]=O)ccc3c2)cc1.[Rb+]. The zero-order valence-corrected chi connectivity index (χ0v) is 18.1. The molecule has 0 unspecified atom stereocenters. The van der Waals surface area contributed by atoms with Crippen molar-refractivity contribution >= 4 is 23.5 Å². The predicted octanol–water partition coefficient (Wildman–Crippen LogP) is 0.738. The first kappa shape index (κ1) is 18.3. The van der Waals surface area contributed by atoms with Crippen LogP contribution in [0.15, 0.2) is 48.5 Å². The molecule has 0 saturated carbocycles. The van der Waals surface area contributed by atoms with Crippen molar-refractivity contribution in [2.75, 3.05) is 0 Å². The number of fused-ring (bicyclic) bond motifs is 1. The maximum absolute atomic E-state index is 11.4. The van der Waals surface area contributed by atoms with Gasteiger partial charge in [-0.3, -0.25) is 9.78 Å². The molecule has 0 atom stereocenters. The molecule has 0 saturated heterocycles. The minimum atomic E-state index is 0. The molecule has 0 fully saturated rings. The Morgan fingerprint density at radius 1 is 1.04 bits per heavy atom. The van der Waals surface area contributed by atoms with Crippen molar-refractivity contribution in [2.45, 2.75) is 13.3 Å². The molecule has 108 valence electrons. The van der Waals surface area contributed by atoms with Crippen LogP contribution in [-0.2, 0) is 11.2 Å². The Morgan fingerprint density at radius 2 is 1.78 bits per heavy atom. The molecule has 1 aromatic heterocycles. The number of aromatic nitrogens is 1. The van der Waals surface area contributed by atoms with E-state index in [0.29, 0.717) is 11.1 Å². The Balaban J connectivity index is 0.00000192. The van der Waals surface area contributed by atoms with Gasteiger partial charge >= 0.3 is 58.2 Å². The van der Waals surface area contributed by atoms with Gasteiger partial charge in [-0.05, 0) is 40.6 Å². The second kappa shape index (κ2) is 8.20. The number of benzene rings is 2. The smallest absolute Gasteiger partial charge is 0.417 e. The van der Waals surface area contributed by atoms with Crippen LogP contribution in [0.4, 0.5) is 0 Å². The molecule has 3 rings (SSSR count). The fraction of sp³-hybridized carbons (Fsp3) is 0.105. The molecule has 0 radical (unpaired) electrons. The van der Waals surface area contributed by atoms with E-state index in [-0.39, 0.29) is 63.9 Å². The number of aldehydes is 1. The van der Waals surface area contributed by atoms with Gasteiger partial charge in [-0.15, -0.1) is 6.07 Å². The van der Waals surface area contributed by atoms with Crippen LogP contribution in [0.2, 0.25) is 0 Å².